The van der Waals surface area contributed by atoms with Crippen molar-refractivity contribution in [1.29, 1.82) is 0 Å². The molecule has 0 unspecified atom stereocenters. The van der Waals surface area contributed by atoms with Gasteiger partial charge in [-0.2, -0.15) is 5.10 Å². The van der Waals surface area contributed by atoms with Gasteiger partial charge in [0.05, 0.1) is 23.9 Å². The Labute approximate surface area is 202 Å². The first kappa shape index (κ1) is 24.3. The van der Waals surface area contributed by atoms with Crippen LogP contribution in [0.1, 0.15) is 41.8 Å². The van der Waals surface area contributed by atoms with Gasteiger partial charge in [-0.25, -0.2) is 5.43 Å². The van der Waals surface area contributed by atoms with Crippen LogP contribution >= 0.6 is 15.9 Å². The summed E-state index contributed by atoms with van der Waals surface area (Å²) >= 11 is 3.53. The summed E-state index contributed by atoms with van der Waals surface area (Å²) in [6.45, 7) is 5.46. The molecule has 3 aromatic rings. The van der Waals surface area contributed by atoms with Crippen LogP contribution in [0.2, 0.25) is 0 Å². The van der Waals surface area contributed by atoms with Crippen LogP contribution in [0.25, 0.3) is 0 Å². The quantitative estimate of drug-likeness (QED) is 0.254. The van der Waals surface area contributed by atoms with Crippen LogP contribution in [-0.4, -0.2) is 25.3 Å². The first-order valence-electron chi connectivity index (χ1n) is 10.8. The Morgan fingerprint density at radius 2 is 1.73 bits per heavy atom. The highest BCUT2D eigenvalue weighted by Gasteiger charge is 2.11. The van der Waals surface area contributed by atoms with E-state index in [1.54, 1.807) is 24.4 Å². The number of amides is 1. The van der Waals surface area contributed by atoms with Crippen LogP contribution in [0.5, 0.6) is 17.2 Å². The van der Waals surface area contributed by atoms with Gasteiger partial charge in [0, 0.05) is 5.56 Å². The van der Waals surface area contributed by atoms with E-state index in [4.69, 9.17) is 14.2 Å². The number of hydrazone groups is 1. The van der Waals surface area contributed by atoms with Crippen molar-refractivity contribution in [1.82, 2.24) is 5.43 Å². The molecule has 0 bridgehead atoms. The minimum absolute atomic E-state index is 0.337. The Morgan fingerprint density at radius 3 is 2.45 bits per heavy atom. The normalized spacial score (nSPS) is 10.8. The number of hydrogen-bond donors (Lipinski definition) is 1. The van der Waals surface area contributed by atoms with E-state index in [1.807, 2.05) is 62.4 Å². The summed E-state index contributed by atoms with van der Waals surface area (Å²) in [4.78, 5) is 12.5. The summed E-state index contributed by atoms with van der Waals surface area (Å²) in [6.07, 6.45) is 2.46. The summed E-state index contributed by atoms with van der Waals surface area (Å²) in [5.41, 5.74) is 4.89. The lowest BCUT2D eigenvalue weighted by Gasteiger charge is -2.12. The molecule has 0 aromatic heterocycles. The highest BCUT2D eigenvalue weighted by molar-refractivity contribution is 9.10. The maximum atomic E-state index is 12.5. The van der Waals surface area contributed by atoms with Crippen LogP contribution in [0, 0.1) is 0 Å². The van der Waals surface area contributed by atoms with Gasteiger partial charge in [0.15, 0.2) is 11.5 Å². The Kier molecular flexibility index (Phi) is 9.32. The van der Waals surface area contributed by atoms with Crippen molar-refractivity contribution in [3.05, 3.63) is 87.9 Å². The predicted octanol–water partition coefficient (Wildman–Crippen LogP) is 5.98. The number of benzene rings is 3. The number of halogens is 1. The van der Waals surface area contributed by atoms with E-state index in [0.717, 1.165) is 27.8 Å². The van der Waals surface area contributed by atoms with Gasteiger partial charge >= 0.3 is 0 Å². The first-order chi connectivity index (χ1) is 16.1. The first-order valence-corrected chi connectivity index (χ1v) is 11.6. The molecule has 0 saturated carbocycles. The number of carbonyl (C=O) groups is 1. The molecule has 3 rings (SSSR count). The van der Waals surface area contributed by atoms with E-state index < -0.39 is 0 Å². The molecule has 0 saturated heterocycles. The third kappa shape index (κ3) is 7.36. The zero-order valence-corrected chi connectivity index (χ0v) is 20.3. The van der Waals surface area contributed by atoms with Crippen molar-refractivity contribution in [3.8, 4) is 17.2 Å². The predicted molar refractivity (Wildman–Crippen MR) is 133 cm³/mol. The van der Waals surface area contributed by atoms with Crippen LogP contribution in [0.3, 0.4) is 0 Å². The third-order valence-electron chi connectivity index (χ3n) is 4.54. The molecule has 3 aromatic carbocycles. The Balaban J connectivity index is 1.59. The van der Waals surface area contributed by atoms with Crippen molar-refractivity contribution >= 4 is 28.1 Å². The molecule has 0 aliphatic carbocycles. The van der Waals surface area contributed by atoms with Crippen LogP contribution < -0.4 is 19.6 Å². The molecule has 0 fully saturated rings. The zero-order valence-electron chi connectivity index (χ0n) is 18.7. The maximum absolute atomic E-state index is 12.5. The largest absolute Gasteiger partial charge is 0.490 e. The molecular formula is C26H27BrN2O4. The van der Waals surface area contributed by atoms with Gasteiger partial charge in [0.2, 0.25) is 0 Å². The fourth-order valence-corrected chi connectivity index (χ4v) is 3.44. The molecular weight excluding hydrogens is 484 g/mol. The van der Waals surface area contributed by atoms with Crippen molar-refractivity contribution in [2.75, 3.05) is 13.2 Å². The van der Waals surface area contributed by atoms with Crippen LogP contribution in [0.4, 0.5) is 0 Å². The standard InChI is InChI=1S/C26H27BrN2O4/c1-3-14-32-24-13-11-21(16-25(24)31-4-2)26(30)29-28-17-20-10-12-23(22(27)15-20)33-18-19-8-6-5-7-9-19/h5-13,15-17H,3-4,14,18H2,1-2H3,(H,29,30)/b28-17+. The van der Waals surface area contributed by atoms with Gasteiger partial charge in [-0.1, -0.05) is 37.3 Å². The molecule has 1 N–H and O–H groups in total. The number of nitrogens with zero attached hydrogens (tertiary/aromatic N) is 1. The fourth-order valence-electron chi connectivity index (χ4n) is 2.93. The van der Waals surface area contributed by atoms with Crippen molar-refractivity contribution in [3.63, 3.8) is 0 Å². The molecule has 7 heteroatoms. The van der Waals surface area contributed by atoms with Crippen LogP contribution in [0.15, 0.2) is 76.3 Å². The summed E-state index contributed by atoms with van der Waals surface area (Å²) in [6, 6.07) is 20.7. The number of carbonyl (C=O) groups excluding carboxylic acids is 1. The summed E-state index contributed by atoms with van der Waals surface area (Å²) in [5, 5.41) is 4.07. The van der Waals surface area contributed by atoms with Crippen LogP contribution in [-0.2, 0) is 6.61 Å². The number of hydrogen-bond acceptors (Lipinski definition) is 5. The lowest BCUT2D eigenvalue weighted by molar-refractivity contribution is 0.0954. The van der Waals surface area contributed by atoms with Crippen molar-refractivity contribution in [2.45, 2.75) is 26.9 Å². The topological polar surface area (TPSA) is 69.2 Å². The molecule has 0 heterocycles. The molecule has 0 spiro atoms. The minimum Gasteiger partial charge on any atom is -0.490 e. The Hall–Kier alpha value is -3.32. The second kappa shape index (κ2) is 12.6. The molecule has 0 radical (unpaired) electrons. The van der Waals surface area contributed by atoms with E-state index in [2.05, 4.69) is 26.5 Å². The third-order valence-corrected chi connectivity index (χ3v) is 5.16. The SMILES string of the molecule is CCCOc1ccc(C(=O)N/N=C/c2ccc(OCc3ccccc3)c(Br)c2)cc1OCC. The van der Waals surface area contributed by atoms with Gasteiger partial charge in [0.1, 0.15) is 12.4 Å². The molecule has 0 aliphatic heterocycles. The molecule has 0 aliphatic rings. The summed E-state index contributed by atoms with van der Waals surface area (Å²) < 4.78 is 17.9. The van der Waals surface area contributed by atoms with Crippen molar-refractivity contribution < 1.29 is 19.0 Å². The number of rotatable bonds is 11. The average molecular weight is 511 g/mol. The average Bonchev–Trinajstić information content (AvgIpc) is 2.83. The Bertz CT molecular complexity index is 1090. The van der Waals surface area contributed by atoms with Crippen molar-refractivity contribution in [2.24, 2.45) is 5.10 Å². The minimum atomic E-state index is -0.337. The lowest BCUT2D eigenvalue weighted by atomic mass is 10.2. The van der Waals surface area contributed by atoms with Gasteiger partial charge < -0.3 is 14.2 Å². The summed E-state index contributed by atoms with van der Waals surface area (Å²) in [7, 11) is 0. The smallest absolute Gasteiger partial charge is 0.271 e. The summed E-state index contributed by atoms with van der Waals surface area (Å²) in [5.74, 6) is 1.56. The molecule has 172 valence electrons. The van der Waals surface area contributed by atoms with Gasteiger partial charge in [0.25, 0.3) is 5.91 Å². The second-order valence-corrected chi connectivity index (χ2v) is 7.96. The molecule has 33 heavy (non-hydrogen) atoms. The number of ether oxygens (including phenoxy) is 3. The van der Waals surface area contributed by atoms with E-state index in [9.17, 15) is 4.79 Å². The molecule has 6 nitrogen and oxygen atoms in total. The highest BCUT2D eigenvalue weighted by atomic mass is 79.9. The molecule has 1 amide bonds. The molecule has 0 atom stereocenters. The maximum Gasteiger partial charge on any atom is 0.271 e. The van der Waals surface area contributed by atoms with E-state index >= 15 is 0 Å². The lowest BCUT2D eigenvalue weighted by Crippen LogP contribution is -2.17. The van der Waals surface area contributed by atoms with E-state index in [1.165, 1.54) is 0 Å². The second-order valence-electron chi connectivity index (χ2n) is 7.11. The fraction of sp³-hybridized carbons (Fsp3) is 0.231. The van der Waals surface area contributed by atoms with Gasteiger partial charge in [-0.05, 0) is 76.8 Å². The monoisotopic (exact) mass is 510 g/mol. The van der Waals surface area contributed by atoms with Gasteiger partial charge in [-0.15, -0.1) is 0 Å². The van der Waals surface area contributed by atoms with Gasteiger partial charge in [-0.3, -0.25) is 4.79 Å². The van der Waals surface area contributed by atoms with E-state index in [-0.39, 0.29) is 5.91 Å². The Morgan fingerprint density at radius 1 is 0.939 bits per heavy atom. The zero-order chi connectivity index (χ0) is 23.5. The van der Waals surface area contributed by atoms with E-state index in [0.29, 0.717) is 36.9 Å². The highest BCUT2D eigenvalue weighted by Crippen LogP contribution is 2.29. The number of nitrogens with one attached hydrogen (secondary N) is 1.